The van der Waals surface area contributed by atoms with Crippen LogP contribution in [0.5, 0.6) is 5.75 Å². The molecule has 2 aliphatic rings. The summed E-state index contributed by atoms with van der Waals surface area (Å²) in [5, 5.41) is 4.04. The summed E-state index contributed by atoms with van der Waals surface area (Å²) in [5.41, 5.74) is 4.20. The number of benzene rings is 1. The van der Waals surface area contributed by atoms with Crippen LogP contribution in [0.2, 0.25) is 5.02 Å². The number of nitrogens with zero attached hydrogens (tertiary/aromatic N) is 3. The lowest BCUT2D eigenvalue weighted by atomic mass is 10.0. The van der Waals surface area contributed by atoms with Gasteiger partial charge in [-0.15, -0.1) is 11.3 Å². The molecule has 36 heavy (non-hydrogen) atoms. The molecule has 2 aliphatic heterocycles. The molecule has 0 spiro atoms. The zero-order chi connectivity index (χ0) is 24.8. The molecule has 9 heteroatoms. The number of halogens is 1. The zero-order valence-electron chi connectivity index (χ0n) is 19.6. The predicted molar refractivity (Wildman–Crippen MR) is 140 cm³/mol. The van der Waals surface area contributed by atoms with Gasteiger partial charge in [0.05, 0.1) is 22.3 Å². The molecule has 182 valence electrons. The first-order valence-corrected chi connectivity index (χ1v) is 13.1. The first-order valence-electron chi connectivity index (χ1n) is 11.9. The summed E-state index contributed by atoms with van der Waals surface area (Å²) in [6.45, 7) is 4.00. The van der Waals surface area contributed by atoms with Crippen molar-refractivity contribution in [3.63, 3.8) is 0 Å². The molecule has 1 aromatic carbocycles. The maximum atomic E-state index is 12.8. The number of hydrogen-bond acceptors (Lipinski definition) is 7. The summed E-state index contributed by atoms with van der Waals surface area (Å²) in [4.78, 5) is 36.4. The fourth-order valence-electron chi connectivity index (χ4n) is 4.86. The van der Waals surface area contributed by atoms with Crippen molar-refractivity contribution in [2.24, 2.45) is 0 Å². The van der Waals surface area contributed by atoms with Crippen molar-refractivity contribution in [3.05, 3.63) is 75.5 Å². The molecule has 1 atom stereocenters. The van der Waals surface area contributed by atoms with Crippen molar-refractivity contribution in [2.75, 3.05) is 13.1 Å². The van der Waals surface area contributed by atoms with Crippen LogP contribution in [-0.2, 0) is 6.54 Å². The van der Waals surface area contributed by atoms with E-state index in [0.29, 0.717) is 10.6 Å². The van der Waals surface area contributed by atoms with Gasteiger partial charge in [-0.25, -0.2) is 0 Å². The second-order valence-corrected chi connectivity index (χ2v) is 10.6. The van der Waals surface area contributed by atoms with Gasteiger partial charge in [-0.3, -0.25) is 24.5 Å². The summed E-state index contributed by atoms with van der Waals surface area (Å²) >= 11 is 8.01. The number of pyridine rings is 2. The summed E-state index contributed by atoms with van der Waals surface area (Å²) in [6.07, 6.45) is 5.46. The Morgan fingerprint density at radius 2 is 2.00 bits per heavy atom. The van der Waals surface area contributed by atoms with Crippen LogP contribution in [0.25, 0.3) is 21.3 Å². The number of carbonyl (C=O) groups is 2. The zero-order valence-corrected chi connectivity index (χ0v) is 21.2. The molecule has 6 rings (SSSR count). The number of ether oxygens (including phenoxy) is 1. The van der Waals surface area contributed by atoms with Crippen molar-refractivity contribution in [1.82, 2.24) is 20.2 Å². The van der Waals surface area contributed by atoms with Gasteiger partial charge in [0.25, 0.3) is 11.8 Å². The van der Waals surface area contributed by atoms with Crippen LogP contribution < -0.4 is 10.1 Å². The minimum Gasteiger partial charge on any atom is -0.488 e. The number of aryl methyl sites for hydroxylation is 1. The second-order valence-electron chi connectivity index (χ2n) is 9.07. The van der Waals surface area contributed by atoms with Crippen LogP contribution in [0, 0.1) is 6.92 Å². The monoisotopic (exact) mass is 518 g/mol. The van der Waals surface area contributed by atoms with Crippen LogP contribution in [0.4, 0.5) is 0 Å². The molecule has 1 N–H and O–H groups in total. The van der Waals surface area contributed by atoms with Crippen molar-refractivity contribution in [3.8, 4) is 16.9 Å². The number of amides is 2. The quantitative estimate of drug-likeness (QED) is 0.363. The SMILES string of the molecule is Cc1cc(Cl)cc(-c2ccnc3cc(CN4C(=O)c5cccnc5C4=O)sc23)c1O[C@H]1CCCNC1. The van der Waals surface area contributed by atoms with Crippen LogP contribution in [0.3, 0.4) is 0 Å². The van der Waals surface area contributed by atoms with Crippen molar-refractivity contribution >= 4 is 45.0 Å². The van der Waals surface area contributed by atoms with Gasteiger partial charge in [0.15, 0.2) is 0 Å². The highest BCUT2D eigenvalue weighted by Gasteiger charge is 2.37. The number of hydrogen-bond donors (Lipinski definition) is 1. The fraction of sp³-hybridized carbons (Fsp3) is 0.259. The molecule has 0 unspecified atom stereocenters. The lowest BCUT2D eigenvalue weighted by Crippen LogP contribution is -2.37. The van der Waals surface area contributed by atoms with E-state index in [2.05, 4.69) is 15.3 Å². The summed E-state index contributed by atoms with van der Waals surface area (Å²) in [5.74, 6) is 0.126. The van der Waals surface area contributed by atoms with Crippen LogP contribution in [0.15, 0.2) is 48.8 Å². The fourth-order valence-corrected chi connectivity index (χ4v) is 6.27. The van der Waals surface area contributed by atoms with Gasteiger partial charge in [0, 0.05) is 40.0 Å². The third-order valence-corrected chi connectivity index (χ3v) is 7.93. The second kappa shape index (κ2) is 9.28. The molecular formula is C27H23ClN4O3S. The van der Waals surface area contributed by atoms with E-state index in [0.717, 1.165) is 63.5 Å². The lowest BCUT2D eigenvalue weighted by molar-refractivity contribution is 0.0642. The number of aromatic nitrogens is 2. The Hall–Kier alpha value is -3.33. The van der Waals surface area contributed by atoms with Crippen LogP contribution >= 0.6 is 22.9 Å². The van der Waals surface area contributed by atoms with E-state index >= 15 is 0 Å². The summed E-state index contributed by atoms with van der Waals surface area (Å²) in [6, 6.07) is 11.1. The Morgan fingerprint density at radius 3 is 2.81 bits per heavy atom. The minimum atomic E-state index is -0.372. The van der Waals surface area contributed by atoms with Gasteiger partial charge in [0.2, 0.25) is 0 Å². The van der Waals surface area contributed by atoms with E-state index < -0.39 is 0 Å². The predicted octanol–water partition coefficient (Wildman–Crippen LogP) is 5.25. The molecule has 7 nitrogen and oxygen atoms in total. The smallest absolute Gasteiger partial charge is 0.280 e. The highest BCUT2D eigenvalue weighted by Crippen LogP contribution is 2.42. The third kappa shape index (κ3) is 4.05. The van der Waals surface area contributed by atoms with Gasteiger partial charge >= 0.3 is 0 Å². The Labute approximate surface area is 217 Å². The van der Waals surface area contributed by atoms with Gasteiger partial charge in [0.1, 0.15) is 17.5 Å². The number of imide groups is 1. The number of piperidine rings is 1. The molecule has 1 fully saturated rings. The molecule has 1 saturated heterocycles. The summed E-state index contributed by atoms with van der Waals surface area (Å²) in [7, 11) is 0. The number of nitrogens with one attached hydrogen (secondary N) is 1. The highest BCUT2D eigenvalue weighted by atomic mass is 35.5. The first kappa shape index (κ1) is 23.1. The highest BCUT2D eigenvalue weighted by molar-refractivity contribution is 7.19. The average Bonchev–Trinajstić information content (AvgIpc) is 3.41. The molecule has 0 bridgehead atoms. The number of rotatable bonds is 5. The Balaban J connectivity index is 1.37. The Kier molecular flexibility index (Phi) is 5.95. The molecule has 2 amide bonds. The van der Waals surface area contributed by atoms with E-state index in [4.69, 9.17) is 16.3 Å². The molecule has 3 aromatic heterocycles. The Bertz CT molecular complexity index is 1480. The third-order valence-electron chi connectivity index (χ3n) is 6.57. The van der Waals surface area contributed by atoms with Crippen LogP contribution in [0.1, 0.15) is 44.1 Å². The average molecular weight is 519 g/mol. The van der Waals surface area contributed by atoms with Crippen molar-refractivity contribution < 1.29 is 14.3 Å². The Morgan fingerprint density at radius 1 is 1.11 bits per heavy atom. The largest absolute Gasteiger partial charge is 0.488 e. The van der Waals surface area contributed by atoms with E-state index in [1.165, 1.54) is 22.4 Å². The van der Waals surface area contributed by atoms with E-state index in [1.54, 1.807) is 18.3 Å². The maximum Gasteiger partial charge on any atom is 0.280 e. The maximum absolute atomic E-state index is 12.8. The van der Waals surface area contributed by atoms with Gasteiger partial charge in [-0.2, -0.15) is 0 Å². The van der Waals surface area contributed by atoms with Crippen molar-refractivity contribution in [2.45, 2.75) is 32.4 Å². The minimum absolute atomic E-state index is 0.0935. The summed E-state index contributed by atoms with van der Waals surface area (Å²) < 4.78 is 7.47. The normalized spacial score (nSPS) is 17.6. The topological polar surface area (TPSA) is 84.4 Å². The first-order chi connectivity index (χ1) is 17.5. The van der Waals surface area contributed by atoms with E-state index in [-0.39, 0.29) is 30.2 Å². The number of thiophene rings is 1. The number of fused-ring (bicyclic) bond motifs is 2. The molecule has 0 radical (unpaired) electrons. The van der Waals surface area contributed by atoms with Crippen molar-refractivity contribution in [1.29, 1.82) is 0 Å². The molecule has 0 saturated carbocycles. The van der Waals surface area contributed by atoms with Gasteiger partial charge in [-0.05, 0) is 68.3 Å². The number of carbonyl (C=O) groups excluding carboxylic acids is 2. The molecular weight excluding hydrogens is 496 g/mol. The van der Waals surface area contributed by atoms with Gasteiger partial charge < -0.3 is 10.1 Å². The van der Waals surface area contributed by atoms with Crippen LogP contribution in [-0.4, -0.2) is 45.9 Å². The van der Waals surface area contributed by atoms with E-state index in [1.807, 2.05) is 31.2 Å². The molecule has 5 heterocycles. The van der Waals surface area contributed by atoms with Gasteiger partial charge in [-0.1, -0.05) is 11.6 Å². The standard InChI is InChI=1S/C27H23ClN4O3S/c1-15-10-16(28)11-21(24(15)35-17-4-2-7-29-13-17)19-6-9-30-22-12-18(36-25(19)22)14-32-26(33)20-5-3-8-31-23(20)27(32)34/h3,5-6,8-12,17,29H,2,4,7,13-14H2,1H3/t17-/m0/s1. The molecule has 0 aliphatic carbocycles. The molecule has 4 aromatic rings. The van der Waals surface area contributed by atoms with E-state index in [9.17, 15) is 9.59 Å². The lowest BCUT2D eigenvalue weighted by Gasteiger charge is -2.26.